The summed E-state index contributed by atoms with van der Waals surface area (Å²) >= 11 is 4.05. The molecule has 0 unspecified atom stereocenters. The molecule has 0 amide bonds. The molecule has 1 nitrogen and oxygen atoms in total. The molecule has 0 aromatic heterocycles. The third-order valence-electron chi connectivity index (χ3n) is 1.30. The van der Waals surface area contributed by atoms with Gasteiger partial charge in [-0.2, -0.15) is 0 Å². The molecule has 3 heteroatoms. The average Bonchev–Trinajstić information content (AvgIpc) is 1.82. The van der Waals surface area contributed by atoms with Crippen molar-refractivity contribution in [3.05, 3.63) is 17.7 Å². The van der Waals surface area contributed by atoms with Crippen LogP contribution < -0.4 is 5.46 Å². The van der Waals surface area contributed by atoms with Crippen molar-refractivity contribution in [2.24, 2.45) is 0 Å². The molecular formula is C7H7BOS. The highest BCUT2D eigenvalue weighted by Gasteiger charge is 1.99. The van der Waals surface area contributed by atoms with E-state index in [0.29, 0.717) is 10.4 Å². The van der Waals surface area contributed by atoms with Gasteiger partial charge in [0.05, 0.1) is 0 Å². The Kier molecular flexibility index (Phi) is 1.95. The van der Waals surface area contributed by atoms with E-state index in [1.165, 1.54) is 6.07 Å². The Morgan fingerprint density at radius 2 is 2.10 bits per heavy atom. The fraction of sp³-hybridized carbons (Fsp3) is 0.143. The van der Waals surface area contributed by atoms with E-state index in [4.69, 9.17) is 13.0 Å². The van der Waals surface area contributed by atoms with Crippen LogP contribution in [0.1, 0.15) is 5.56 Å². The standard InChI is InChI=1S/C7H7BOS/c1-4-2-5(8)3-6(9)7(4)10/h2-3,9-10H,1H3. The summed E-state index contributed by atoms with van der Waals surface area (Å²) in [6.45, 7) is 1.85. The molecule has 1 rings (SSSR count). The van der Waals surface area contributed by atoms with Gasteiger partial charge in [0.25, 0.3) is 0 Å². The molecule has 0 spiro atoms. The van der Waals surface area contributed by atoms with Crippen LogP contribution in [0.3, 0.4) is 0 Å². The van der Waals surface area contributed by atoms with Gasteiger partial charge in [-0.1, -0.05) is 11.5 Å². The van der Waals surface area contributed by atoms with E-state index < -0.39 is 0 Å². The van der Waals surface area contributed by atoms with Crippen LogP contribution in [-0.4, -0.2) is 13.0 Å². The van der Waals surface area contributed by atoms with Crippen molar-refractivity contribution in [1.82, 2.24) is 0 Å². The lowest BCUT2D eigenvalue weighted by Gasteiger charge is -2.02. The second-order valence-corrected chi connectivity index (χ2v) is 2.65. The van der Waals surface area contributed by atoms with Crippen LogP contribution in [0.15, 0.2) is 17.0 Å². The monoisotopic (exact) mass is 150 g/mol. The van der Waals surface area contributed by atoms with Gasteiger partial charge in [-0.25, -0.2) is 0 Å². The summed E-state index contributed by atoms with van der Waals surface area (Å²) in [7, 11) is 5.43. The summed E-state index contributed by atoms with van der Waals surface area (Å²) in [5.74, 6) is 0.140. The van der Waals surface area contributed by atoms with Crippen molar-refractivity contribution in [2.75, 3.05) is 0 Å². The molecule has 1 aromatic carbocycles. The number of rotatable bonds is 0. The highest BCUT2D eigenvalue weighted by Crippen LogP contribution is 2.22. The van der Waals surface area contributed by atoms with Gasteiger partial charge in [-0.3, -0.25) is 0 Å². The van der Waals surface area contributed by atoms with Crippen LogP contribution in [0, 0.1) is 6.92 Å². The highest BCUT2D eigenvalue weighted by molar-refractivity contribution is 7.80. The molecule has 0 aliphatic carbocycles. The van der Waals surface area contributed by atoms with E-state index in [0.717, 1.165) is 5.56 Å². The summed E-state index contributed by atoms with van der Waals surface area (Å²) in [5.41, 5.74) is 1.45. The number of benzene rings is 1. The smallest absolute Gasteiger partial charge is 0.128 e. The van der Waals surface area contributed by atoms with Gasteiger partial charge in [0.2, 0.25) is 0 Å². The summed E-state index contributed by atoms with van der Waals surface area (Å²) in [5, 5.41) is 9.12. The third kappa shape index (κ3) is 1.29. The Labute approximate surface area is 66.9 Å². The number of aryl methyl sites for hydroxylation is 1. The first kappa shape index (κ1) is 7.54. The van der Waals surface area contributed by atoms with E-state index in [1.807, 2.05) is 6.92 Å². The van der Waals surface area contributed by atoms with Gasteiger partial charge in [-0.15, -0.1) is 12.6 Å². The highest BCUT2D eigenvalue weighted by atomic mass is 32.1. The number of thiol groups is 1. The zero-order chi connectivity index (χ0) is 7.72. The van der Waals surface area contributed by atoms with Crippen LogP contribution in [-0.2, 0) is 0 Å². The van der Waals surface area contributed by atoms with Gasteiger partial charge < -0.3 is 5.11 Å². The molecule has 10 heavy (non-hydrogen) atoms. The molecule has 2 radical (unpaired) electrons. The second kappa shape index (κ2) is 2.58. The van der Waals surface area contributed by atoms with Crippen molar-refractivity contribution in [3.63, 3.8) is 0 Å². The molecule has 0 saturated heterocycles. The Morgan fingerprint density at radius 3 is 2.60 bits per heavy atom. The number of hydrogen-bond acceptors (Lipinski definition) is 2. The number of hydrogen-bond donors (Lipinski definition) is 2. The van der Waals surface area contributed by atoms with Crippen molar-refractivity contribution >= 4 is 25.9 Å². The molecule has 0 atom stereocenters. The van der Waals surface area contributed by atoms with Crippen LogP contribution in [0.2, 0.25) is 0 Å². The quantitative estimate of drug-likeness (QED) is 0.413. The molecule has 1 N–H and O–H groups in total. The predicted octanol–water partition coefficient (Wildman–Crippen LogP) is 0.783. The molecule has 1 aromatic rings. The van der Waals surface area contributed by atoms with Crippen molar-refractivity contribution < 1.29 is 5.11 Å². The van der Waals surface area contributed by atoms with Crippen LogP contribution >= 0.6 is 12.6 Å². The van der Waals surface area contributed by atoms with Gasteiger partial charge >= 0.3 is 0 Å². The largest absolute Gasteiger partial charge is 0.507 e. The van der Waals surface area contributed by atoms with E-state index in [1.54, 1.807) is 6.07 Å². The molecule has 0 fully saturated rings. The fourth-order valence-electron chi connectivity index (χ4n) is 0.788. The second-order valence-electron chi connectivity index (χ2n) is 2.21. The maximum Gasteiger partial charge on any atom is 0.128 e. The Bertz CT molecular complexity index is 237. The first-order valence-electron chi connectivity index (χ1n) is 2.89. The van der Waals surface area contributed by atoms with Crippen LogP contribution in [0.5, 0.6) is 5.75 Å². The molecule has 0 saturated carbocycles. The van der Waals surface area contributed by atoms with E-state index in [9.17, 15) is 0 Å². The van der Waals surface area contributed by atoms with Crippen molar-refractivity contribution in [1.29, 1.82) is 0 Å². The van der Waals surface area contributed by atoms with Gasteiger partial charge in [0.1, 0.15) is 13.6 Å². The fourth-order valence-corrected chi connectivity index (χ4v) is 0.917. The summed E-state index contributed by atoms with van der Waals surface area (Å²) in [6, 6.07) is 3.25. The summed E-state index contributed by atoms with van der Waals surface area (Å²) < 4.78 is 0. The van der Waals surface area contributed by atoms with Gasteiger partial charge in [0, 0.05) is 4.90 Å². The molecule has 0 aliphatic rings. The Balaban J connectivity index is 3.31. The Morgan fingerprint density at radius 1 is 1.50 bits per heavy atom. The zero-order valence-corrected chi connectivity index (χ0v) is 6.52. The molecule has 0 bridgehead atoms. The maximum atomic E-state index is 9.12. The number of aromatic hydroxyl groups is 1. The number of phenolic OH excluding ortho intramolecular Hbond substituents is 1. The minimum atomic E-state index is 0.140. The minimum absolute atomic E-state index is 0.140. The predicted molar refractivity (Wildman–Crippen MR) is 45.5 cm³/mol. The maximum absolute atomic E-state index is 9.12. The topological polar surface area (TPSA) is 20.2 Å². The number of phenols is 1. The molecular weight excluding hydrogens is 143 g/mol. The molecule has 0 heterocycles. The first-order valence-corrected chi connectivity index (χ1v) is 3.34. The average molecular weight is 150 g/mol. The zero-order valence-electron chi connectivity index (χ0n) is 5.63. The lowest BCUT2D eigenvalue weighted by Crippen LogP contribution is -2.01. The lowest BCUT2D eigenvalue weighted by atomic mass is 9.94. The Hall–Kier alpha value is -0.565. The summed E-state index contributed by atoms with van der Waals surface area (Å²) in [6.07, 6.45) is 0. The van der Waals surface area contributed by atoms with Gasteiger partial charge in [0.15, 0.2) is 0 Å². The third-order valence-corrected chi connectivity index (χ3v) is 1.88. The van der Waals surface area contributed by atoms with Crippen LogP contribution in [0.4, 0.5) is 0 Å². The van der Waals surface area contributed by atoms with E-state index >= 15 is 0 Å². The van der Waals surface area contributed by atoms with Crippen LogP contribution in [0.25, 0.3) is 0 Å². The lowest BCUT2D eigenvalue weighted by molar-refractivity contribution is 0.462. The minimum Gasteiger partial charge on any atom is -0.507 e. The van der Waals surface area contributed by atoms with Crippen molar-refractivity contribution in [3.8, 4) is 5.75 Å². The molecule has 50 valence electrons. The van der Waals surface area contributed by atoms with E-state index in [-0.39, 0.29) is 5.75 Å². The first-order chi connectivity index (χ1) is 4.61. The van der Waals surface area contributed by atoms with Crippen molar-refractivity contribution in [2.45, 2.75) is 11.8 Å². The normalized spacial score (nSPS) is 9.80. The van der Waals surface area contributed by atoms with Gasteiger partial charge in [-0.05, 0) is 18.6 Å². The van der Waals surface area contributed by atoms with E-state index in [2.05, 4.69) is 12.6 Å². The SMILES string of the molecule is [B]c1cc(C)c(S)c(O)c1. The molecule has 0 aliphatic heterocycles. The summed E-state index contributed by atoms with van der Waals surface area (Å²) in [4.78, 5) is 0.592.